The van der Waals surface area contributed by atoms with E-state index < -0.39 is 12.3 Å². The Morgan fingerprint density at radius 1 is 1.39 bits per heavy atom. The zero-order valence-electron chi connectivity index (χ0n) is 13.1. The van der Waals surface area contributed by atoms with Crippen LogP contribution in [0, 0.1) is 6.92 Å². The number of imidazole rings is 1. The number of methoxy groups -OCH3 is 1. The van der Waals surface area contributed by atoms with Crippen LogP contribution in [0.5, 0.6) is 5.88 Å². The molecule has 2 rings (SSSR count). The van der Waals surface area contributed by atoms with Crippen LogP contribution in [0.3, 0.4) is 0 Å². The molecule has 0 aliphatic carbocycles. The normalized spacial score (nSPS) is 10.9. The highest BCUT2D eigenvalue weighted by molar-refractivity contribution is 5.94. The number of nitrogens with one attached hydrogen (secondary N) is 1. The molecular weight excluding hydrogens is 306 g/mol. The number of alkyl halides is 2. The van der Waals surface area contributed by atoms with Crippen LogP contribution in [0.1, 0.15) is 24.9 Å². The Bertz CT molecular complexity index is 701. The van der Waals surface area contributed by atoms with Crippen molar-refractivity contribution in [1.82, 2.24) is 14.5 Å². The van der Waals surface area contributed by atoms with E-state index in [-0.39, 0.29) is 5.69 Å². The molecule has 1 amide bonds. The van der Waals surface area contributed by atoms with E-state index in [0.29, 0.717) is 18.1 Å². The molecular formula is C15H18F2N4O2. The summed E-state index contributed by atoms with van der Waals surface area (Å²) in [4.78, 5) is 20.0. The van der Waals surface area contributed by atoms with Crippen molar-refractivity contribution >= 4 is 11.6 Å². The Morgan fingerprint density at radius 2 is 2.13 bits per heavy atom. The minimum absolute atomic E-state index is 0.172. The van der Waals surface area contributed by atoms with Crippen LogP contribution in [0.25, 0.3) is 5.82 Å². The Balaban J connectivity index is 2.52. The van der Waals surface area contributed by atoms with Crippen molar-refractivity contribution in [3.63, 3.8) is 0 Å². The number of pyridine rings is 1. The number of aromatic nitrogens is 3. The first-order chi connectivity index (χ1) is 11.0. The molecule has 0 saturated carbocycles. The second-order valence-corrected chi connectivity index (χ2v) is 4.93. The van der Waals surface area contributed by atoms with Crippen LogP contribution in [0.15, 0.2) is 18.3 Å². The van der Waals surface area contributed by atoms with Crippen LogP contribution >= 0.6 is 0 Å². The van der Waals surface area contributed by atoms with Crippen molar-refractivity contribution < 1.29 is 18.3 Å². The van der Waals surface area contributed by atoms with E-state index in [0.717, 1.165) is 17.9 Å². The van der Waals surface area contributed by atoms with Gasteiger partial charge in [-0.15, -0.1) is 0 Å². The molecule has 124 valence electrons. The monoisotopic (exact) mass is 324 g/mol. The molecule has 0 radical (unpaired) electrons. The lowest BCUT2D eigenvalue weighted by Crippen LogP contribution is -2.21. The number of rotatable bonds is 6. The van der Waals surface area contributed by atoms with Gasteiger partial charge in [0.25, 0.3) is 5.91 Å². The Hall–Kier alpha value is -2.51. The van der Waals surface area contributed by atoms with Crippen molar-refractivity contribution in [3.05, 3.63) is 29.8 Å². The summed E-state index contributed by atoms with van der Waals surface area (Å²) in [5, 5.41) is 2.18. The molecule has 23 heavy (non-hydrogen) atoms. The number of ether oxygens (including phenoxy) is 1. The summed E-state index contributed by atoms with van der Waals surface area (Å²) in [7, 11) is 1.45. The molecule has 0 fully saturated rings. The predicted molar refractivity (Wildman–Crippen MR) is 81.3 cm³/mol. The van der Waals surface area contributed by atoms with Gasteiger partial charge < -0.3 is 10.1 Å². The molecule has 2 heterocycles. The third-order valence-electron chi connectivity index (χ3n) is 3.12. The number of halogens is 2. The second kappa shape index (κ2) is 7.17. The fourth-order valence-corrected chi connectivity index (χ4v) is 2.14. The van der Waals surface area contributed by atoms with E-state index in [2.05, 4.69) is 15.3 Å². The Kier molecular flexibility index (Phi) is 5.25. The lowest BCUT2D eigenvalue weighted by atomic mass is 10.3. The highest BCUT2D eigenvalue weighted by atomic mass is 19.3. The summed E-state index contributed by atoms with van der Waals surface area (Å²) in [6.45, 7) is 3.83. The van der Waals surface area contributed by atoms with Crippen molar-refractivity contribution in [2.75, 3.05) is 12.4 Å². The minimum Gasteiger partial charge on any atom is -0.481 e. The number of amides is 1. The van der Waals surface area contributed by atoms with E-state index in [1.807, 2.05) is 13.8 Å². The maximum Gasteiger partial charge on any atom is 0.315 e. The first-order valence-corrected chi connectivity index (χ1v) is 7.15. The van der Waals surface area contributed by atoms with E-state index in [4.69, 9.17) is 4.74 Å². The number of carbonyl (C=O) groups is 1. The predicted octanol–water partition coefficient (Wildman–Crippen LogP) is 2.74. The summed E-state index contributed by atoms with van der Waals surface area (Å²) in [6, 6.07) is 2.97. The standard InChI is InChI=1S/C15H18F2N4O2/c1-4-5-11-18-9(2)8-21(11)14-10(19-15(22)13(16)17)6-7-12(20-14)23-3/h6-8,13H,4-5H2,1-3H3,(H,19,22). The largest absolute Gasteiger partial charge is 0.481 e. The molecule has 0 aliphatic heterocycles. The van der Waals surface area contributed by atoms with Gasteiger partial charge in [0, 0.05) is 18.7 Å². The molecule has 0 bridgehead atoms. The number of aryl methyl sites for hydroxylation is 2. The second-order valence-electron chi connectivity index (χ2n) is 4.93. The smallest absolute Gasteiger partial charge is 0.315 e. The van der Waals surface area contributed by atoms with Crippen molar-refractivity contribution in [3.8, 4) is 11.7 Å². The molecule has 1 N–H and O–H groups in total. The molecule has 8 heteroatoms. The van der Waals surface area contributed by atoms with Gasteiger partial charge in [-0.05, 0) is 19.4 Å². The Labute approximate surface area is 132 Å². The third-order valence-corrected chi connectivity index (χ3v) is 3.12. The van der Waals surface area contributed by atoms with Gasteiger partial charge in [-0.1, -0.05) is 6.92 Å². The minimum atomic E-state index is -3.11. The average Bonchev–Trinajstić information content (AvgIpc) is 2.88. The summed E-state index contributed by atoms with van der Waals surface area (Å²) >= 11 is 0. The molecule has 0 saturated heterocycles. The van der Waals surface area contributed by atoms with E-state index >= 15 is 0 Å². The lowest BCUT2D eigenvalue weighted by molar-refractivity contribution is -0.126. The number of nitrogens with zero attached hydrogens (tertiary/aromatic N) is 3. The fraction of sp³-hybridized carbons (Fsp3) is 0.400. The molecule has 0 aliphatic rings. The van der Waals surface area contributed by atoms with Crippen LogP contribution < -0.4 is 10.1 Å². The van der Waals surface area contributed by atoms with Gasteiger partial charge in [-0.2, -0.15) is 13.8 Å². The SMILES string of the molecule is CCCc1nc(C)cn1-c1nc(OC)ccc1NC(=O)C(F)F. The zero-order valence-corrected chi connectivity index (χ0v) is 13.1. The van der Waals surface area contributed by atoms with Gasteiger partial charge in [0.15, 0.2) is 5.82 Å². The highest BCUT2D eigenvalue weighted by Gasteiger charge is 2.20. The topological polar surface area (TPSA) is 69.0 Å². The lowest BCUT2D eigenvalue weighted by Gasteiger charge is -2.14. The summed E-state index contributed by atoms with van der Waals surface area (Å²) in [5.41, 5.74) is 0.940. The average molecular weight is 324 g/mol. The van der Waals surface area contributed by atoms with Gasteiger partial charge in [0.05, 0.1) is 18.5 Å². The number of hydrogen-bond acceptors (Lipinski definition) is 4. The first kappa shape index (κ1) is 16.9. The van der Waals surface area contributed by atoms with E-state index in [9.17, 15) is 13.6 Å². The highest BCUT2D eigenvalue weighted by Crippen LogP contribution is 2.24. The van der Waals surface area contributed by atoms with E-state index in [1.165, 1.54) is 19.2 Å². The van der Waals surface area contributed by atoms with Crippen LogP contribution in [-0.2, 0) is 11.2 Å². The molecule has 0 atom stereocenters. The maximum absolute atomic E-state index is 12.5. The van der Waals surface area contributed by atoms with Gasteiger partial charge in [-0.3, -0.25) is 9.36 Å². The molecule has 6 nitrogen and oxygen atoms in total. The van der Waals surface area contributed by atoms with Gasteiger partial charge in [0.2, 0.25) is 5.88 Å². The fourth-order valence-electron chi connectivity index (χ4n) is 2.14. The van der Waals surface area contributed by atoms with Gasteiger partial charge >= 0.3 is 6.43 Å². The van der Waals surface area contributed by atoms with Crippen LogP contribution in [0.2, 0.25) is 0 Å². The number of carbonyl (C=O) groups excluding carboxylic acids is 1. The van der Waals surface area contributed by atoms with E-state index in [1.54, 1.807) is 10.8 Å². The third kappa shape index (κ3) is 3.82. The van der Waals surface area contributed by atoms with Crippen molar-refractivity contribution in [2.45, 2.75) is 33.1 Å². The molecule has 0 unspecified atom stereocenters. The van der Waals surface area contributed by atoms with Crippen LogP contribution in [0.4, 0.5) is 14.5 Å². The Morgan fingerprint density at radius 3 is 2.74 bits per heavy atom. The summed E-state index contributed by atoms with van der Waals surface area (Å²) in [6.07, 6.45) is 0.184. The zero-order chi connectivity index (χ0) is 17.0. The molecule has 0 spiro atoms. The number of anilines is 1. The maximum atomic E-state index is 12.5. The van der Waals surface area contributed by atoms with Gasteiger partial charge in [-0.25, -0.2) is 4.98 Å². The summed E-state index contributed by atoms with van der Waals surface area (Å²) < 4.78 is 31.8. The quantitative estimate of drug-likeness (QED) is 0.887. The molecule has 0 aromatic carbocycles. The first-order valence-electron chi connectivity index (χ1n) is 7.15. The van der Waals surface area contributed by atoms with Crippen LogP contribution in [-0.4, -0.2) is 34.0 Å². The summed E-state index contributed by atoms with van der Waals surface area (Å²) in [5.74, 6) is -0.0448. The van der Waals surface area contributed by atoms with Gasteiger partial charge in [0.1, 0.15) is 5.82 Å². The molecule has 2 aromatic rings. The molecule has 2 aromatic heterocycles. The van der Waals surface area contributed by atoms with Crippen molar-refractivity contribution in [1.29, 1.82) is 0 Å². The number of hydrogen-bond donors (Lipinski definition) is 1. The van der Waals surface area contributed by atoms with Crippen molar-refractivity contribution in [2.24, 2.45) is 0 Å².